The summed E-state index contributed by atoms with van der Waals surface area (Å²) in [5.41, 5.74) is 1.85. The molecule has 37 heavy (non-hydrogen) atoms. The summed E-state index contributed by atoms with van der Waals surface area (Å²) in [6.07, 6.45) is 5.82. The normalized spacial score (nSPS) is 17.5. The zero-order valence-corrected chi connectivity index (χ0v) is 23.2. The van der Waals surface area contributed by atoms with E-state index >= 15 is 0 Å². The smallest absolute Gasteiger partial charge is 0.260 e. The molecule has 2 fully saturated rings. The second kappa shape index (κ2) is 11.3. The zero-order chi connectivity index (χ0) is 25.8. The number of para-hydroxylation sites is 2. The average Bonchev–Trinajstić information content (AvgIpc) is 2.91. The van der Waals surface area contributed by atoms with Crippen molar-refractivity contribution in [3.63, 3.8) is 0 Å². The monoisotopic (exact) mass is 613 g/mol. The van der Waals surface area contributed by atoms with Gasteiger partial charge in [0.1, 0.15) is 11.3 Å². The van der Waals surface area contributed by atoms with Crippen molar-refractivity contribution in [3.05, 3.63) is 75.5 Å². The molecule has 1 amide bonds. The Balaban J connectivity index is 1.14. The lowest BCUT2D eigenvalue weighted by atomic mass is 9.71. The third kappa shape index (κ3) is 5.85. The van der Waals surface area contributed by atoms with Crippen molar-refractivity contribution in [1.82, 2.24) is 14.8 Å². The van der Waals surface area contributed by atoms with Crippen LogP contribution in [-0.4, -0.2) is 59.1 Å². The molecule has 1 aromatic heterocycles. The number of likely N-dealkylation sites (tertiary alicyclic amines) is 2. The summed E-state index contributed by atoms with van der Waals surface area (Å²) in [5.74, 6) is 1.94. The Morgan fingerprint density at radius 1 is 1.00 bits per heavy atom. The average molecular weight is 613 g/mol. The summed E-state index contributed by atoms with van der Waals surface area (Å²) in [4.78, 5) is 21.3. The molecule has 0 radical (unpaired) electrons. The number of amides is 1. The summed E-state index contributed by atoms with van der Waals surface area (Å²) in [5, 5.41) is 10.1. The topological polar surface area (TPSA) is 75.1 Å². The fraction of sp³-hybridized carbons (Fsp3) is 0.379. The van der Waals surface area contributed by atoms with E-state index in [0.29, 0.717) is 22.5 Å². The first kappa shape index (κ1) is 25.8. The van der Waals surface area contributed by atoms with E-state index in [0.717, 1.165) is 67.7 Å². The molecule has 2 aliphatic heterocycles. The van der Waals surface area contributed by atoms with Gasteiger partial charge in [0.15, 0.2) is 11.5 Å². The number of benzene rings is 2. The zero-order valence-electron chi connectivity index (χ0n) is 21.0. The number of aromatic hydroxyl groups is 1. The van der Waals surface area contributed by atoms with Crippen LogP contribution in [0, 0.1) is 8.99 Å². The number of ether oxygens (including phenoxy) is 2. The standard InChI is InChI=1S/C29H32IN3O4/c1-36-24-7-2-3-8-25(24)37-22-6-4-5-21(19-22)20-32-15-10-29(11-16-32)12-17-33(18-13-29)28(35)26-23(30)9-14-31-27(26)34/h2-9,14,19H,10-13,15-18,20H2,1H3,(H,31,34). The summed E-state index contributed by atoms with van der Waals surface area (Å²) < 4.78 is 12.2. The predicted octanol–water partition coefficient (Wildman–Crippen LogP) is 5.71. The number of nitrogens with zero attached hydrogens (tertiary/aromatic N) is 3. The molecule has 2 aromatic carbocycles. The molecule has 194 valence electrons. The molecule has 1 N–H and O–H groups in total. The van der Waals surface area contributed by atoms with Crippen LogP contribution in [-0.2, 0) is 6.54 Å². The minimum Gasteiger partial charge on any atom is -0.493 e. The van der Waals surface area contributed by atoms with E-state index in [2.05, 4.69) is 44.6 Å². The van der Waals surface area contributed by atoms with Gasteiger partial charge < -0.3 is 19.5 Å². The lowest BCUT2D eigenvalue weighted by Crippen LogP contribution is -2.48. The lowest BCUT2D eigenvalue weighted by molar-refractivity contribution is 0.0283. The minimum atomic E-state index is -0.178. The van der Waals surface area contributed by atoms with Crippen LogP contribution in [0.1, 0.15) is 41.6 Å². The number of hydrogen-bond acceptors (Lipinski definition) is 6. The van der Waals surface area contributed by atoms with Crippen molar-refractivity contribution in [2.75, 3.05) is 33.3 Å². The SMILES string of the molecule is COc1ccccc1Oc1cccc(CN2CCC3(CC2)CCN(C(=O)c2c(I)ccnc2O)CC3)c1. The minimum absolute atomic E-state index is 0.113. The summed E-state index contributed by atoms with van der Waals surface area (Å²) >= 11 is 2.09. The van der Waals surface area contributed by atoms with Crippen LogP contribution in [0.25, 0.3) is 0 Å². The van der Waals surface area contributed by atoms with Crippen LogP contribution >= 0.6 is 22.6 Å². The van der Waals surface area contributed by atoms with E-state index in [4.69, 9.17) is 9.47 Å². The maximum Gasteiger partial charge on any atom is 0.260 e. The molecule has 7 nitrogen and oxygen atoms in total. The van der Waals surface area contributed by atoms with Gasteiger partial charge in [0.2, 0.25) is 5.88 Å². The predicted molar refractivity (Wildman–Crippen MR) is 150 cm³/mol. The van der Waals surface area contributed by atoms with Gasteiger partial charge in [0, 0.05) is 29.4 Å². The first-order valence-electron chi connectivity index (χ1n) is 12.7. The van der Waals surface area contributed by atoms with Crippen LogP contribution in [0.2, 0.25) is 0 Å². The van der Waals surface area contributed by atoms with Crippen LogP contribution in [0.15, 0.2) is 60.8 Å². The second-order valence-corrected chi connectivity index (χ2v) is 11.1. The quantitative estimate of drug-likeness (QED) is 0.359. The number of methoxy groups -OCH3 is 1. The molecule has 1 spiro atoms. The van der Waals surface area contributed by atoms with Gasteiger partial charge in [-0.3, -0.25) is 9.69 Å². The Kier molecular flexibility index (Phi) is 7.85. The molecule has 0 unspecified atom stereocenters. The molecule has 0 aliphatic carbocycles. The molecule has 0 saturated carbocycles. The third-order valence-electron chi connectivity index (χ3n) is 7.72. The fourth-order valence-electron chi connectivity index (χ4n) is 5.45. The van der Waals surface area contributed by atoms with Crippen LogP contribution in [0.4, 0.5) is 0 Å². The third-order valence-corrected chi connectivity index (χ3v) is 8.62. The van der Waals surface area contributed by atoms with Gasteiger partial charge >= 0.3 is 0 Å². The largest absolute Gasteiger partial charge is 0.493 e. The molecule has 8 heteroatoms. The van der Waals surface area contributed by atoms with E-state index in [1.165, 1.54) is 11.8 Å². The first-order chi connectivity index (χ1) is 18.0. The van der Waals surface area contributed by atoms with Crippen molar-refractivity contribution in [2.24, 2.45) is 5.41 Å². The Labute approximate surface area is 231 Å². The highest BCUT2D eigenvalue weighted by Crippen LogP contribution is 2.42. The highest BCUT2D eigenvalue weighted by Gasteiger charge is 2.39. The molecule has 2 saturated heterocycles. The van der Waals surface area contributed by atoms with E-state index < -0.39 is 0 Å². The number of halogens is 1. The van der Waals surface area contributed by atoms with E-state index in [1.54, 1.807) is 13.2 Å². The Morgan fingerprint density at radius 2 is 1.70 bits per heavy atom. The molecule has 2 aliphatic rings. The van der Waals surface area contributed by atoms with Gasteiger partial charge in [-0.1, -0.05) is 24.3 Å². The number of carbonyl (C=O) groups excluding carboxylic acids is 1. The fourth-order valence-corrected chi connectivity index (χ4v) is 6.08. The van der Waals surface area contributed by atoms with Crippen LogP contribution in [0.5, 0.6) is 23.1 Å². The highest BCUT2D eigenvalue weighted by atomic mass is 127. The molecular formula is C29H32IN3O4. The highest BCUT2D eigenvalue weighted by molar-refractivity contribution is 14.1. The van der Waals surface area contributed by atoms with Crippen LogP contribution < -0.4 is 9.47 Å². The summed E-state index contributed by atoms with van der Waals surface area (Å²) in [6.45, 7) is 4.44. The number of carbonyl (C=O) groups is 1. The number of aromatic nitrogens is 1. The van der Waals surface area contributed by atoms with Gasteiger partial charge in [0.25, 0.3) is 5.91 Å². The Hall–Kier alpha value is -2.85. The van der Waals surface area contributed by atoms with Crippen molar-refractivity contribution in [1.29, 1.82) is 0 Å². The molecule has 3 heterocycles. The molecule has 5 rings (SSSR count). The number of piperidine rings is 2. The lowest BCUT2D eigenvalue weighted by Gasteiger charge is -2.47. The van der Waals surface area contributed by atoms with Crippen molar-refractivity contribution in [2.45, 2.75) is 32.2 Å². The summed E-state index contributed by atoms with van der Waals surface area (Å²) in [7, 11) is 1.65. The van der Waals surface area contributed by atoms with Gasteiger partial charge in [-0.05, 0) is 103 Å². The molecular weight excluding hydrogens is 581 g/mol. The Morgan fingerprint density at radius 3 is 2.41 bits per heavy atom. The molecule has 0 atom stereocenters. The van der Waals surface area contributed by atoms with Crippen molar-refractivity contribution < 1.29 is 19.4 Å². The van der Waals surface area contributed by atoms with E-state index in [-0.39, 0.29) is 11.8 Å². The summed E-state index contributed by atoms with van der Waals surface area (Å²) in [6, 6.07) is 17.7. The van der Waals surface area contributed by atoms with E-state index in [9.17, 15) is 9.90 Å². The maximum atomic E-state index is 13.0. The van der Waals surface area contributed by atoms with Crippen LogP contribution in [0.3, 0.4) is 0 Å². The first-order valence-corrected chi connectivity index (χ1v) is 13.8. The number of rotatable bonds is 6. The van der Waals surface area contributed by atoms with Gasteiger partial charge in [-0.2, -0.15) is 0 Å². The number of pyridine rings is 1. The molecule has 0 bridgehead atoms. The van der Waals surface area contributed by atoms with Crippen molar-refractivity contribution >= 4 is 28.5 Å². The van der Waals surface area contributed by atoms with Crippen molar-refractivity contribution in [3.8, 4) is 23.1 Å². The van der Waals surface area contributed by atoms with Gasteiger partial charge in [0.05, 0.1) is 7.11 Å². The van der Waals surface area contributed by atoms with E-state index in [1.807, 2.05) is 41.3 Å². The Bertz CT molecular complexity index is 1230. The van der Waals surface area contributed by atoms with Gasteiger partial charge in [-0.15, -0.1) is 0 Å². The second-order valence-electron chi connectivity index (χ2n) is 9.96. The number of hydrogen-bond donors (Lipinski definition) is 1. The maximum absolute atomic E-state index is 13.0. The molecule has 3 aromatic rings. The van der Waals surface area contributed by atoms with Gasteiger partial charge in [-0.25, -0.2) is 4.98 Å².